The highest BCUT2D eigenvalue weighted by atomic mass is 16.5. The lowest BCUT2D eigenvalue weighted by atomic mass is 10.3. The van der Waals surface area contributed by atoms with Gasteiger partial charge in [-0.15, -0.1) is 0 Å². The first-order valence-electron chi connectivity index (χ1n) is 4.15. The zero-order chi connectivity index (χ0) is 8.53. The lowest BCUT2D eigenvalue weighted by molar-refractivity contribution is 0.184. The first-order valence-corrected chi connectivity index (χ1v) is 4.15. The molecule has 0 bridgehead atoms. The van der Waals surface area contributed by atoms with E-state index >= 15 is 0 Å². The second-order valence-electron chi connectivity index (χ2n) is 2.75. The summed E-state index contributed by atoms with van der Waals surface area (Å²) in [6, 6.07) is 0. The first-order chi connectivity index (χ1) is 5.27. The van der Waals surface area contributed by atoms with Crippen molar-refractivity contribution in [3.8, 4) is 0 Å². The summed E-state index contributed by atoms with van der Waals surface area (Å²) in [7, 11) is 1.71. The van der Waals surface area contributed by atoms with Gasteiger partial charge in [-0.1, -0.05) is 0 Å². The monoisotopic (exact) mass is 161 g/mol. The number of hydrogen-bond acceptors (Lipinski definition) is 3. The Balaban J connectivity index is 2.80. The molecule has 0 spiro atoms. The Labute approximate surface area is 68.8 Å². The van der Waals surface area contributed by atoms with Crippen LogP contribution in [0.15, 0.2) is 0 Å². The molecular formula is C8H19NO2. The van der Waals surface area contributed by atoms with Crippen LogP contribution in [0.2, 0.25) is 0 Å². The van der Waals surface area contributed by atoms with Gasteiger partial charge in [0.2, 0.25) is 0 Å². The second-order valence-corrected chi connectivity index (χ2v) is 2.75. The third-order valence-corrected chi connectivity index (χ3v) is 1.39. The standard InChI is InChI=1S/C8H19NO2/c1-8(10)7-9-5-3-4-6-11-2/h8-10H,3-7H2,1-2H3/t8-/m1/s1. The molecule has 0 radical (unpaired) electrons. The van der Waals surface area contributed by atoms with Crippen LogP contribution in [-0.2, 0) is 4.74 Å². The smallest absolute Gasteiger partial charge is 0.0636 e. The Morgan fingerprint density at radius 2 is 2.18 bits per heavy atom. The van der Waals surface area contributed by atoms with Crippen LogP contribution in [0.3, 0.4) is 0 Å². The third kappa shape index (κ3) is 9.88. The van der Waals surface area contributed by atoms with E-state index in [1.165, 1.54) is 0 Å². The molecule has 2 N–H and O–H groups in total. The van der Waals surface area contributed by atoms with E-state index in [0.717, 1.165) is 26.0 Å². The number of methoxy groups -OCH3 is 1. The molecule has 0 aliphatic heterocycles. The average Bonchev–Trinajstić information content (AvgIpc) is 1.96. The van der Waals surface area contributed by atoms with E-state index < -0.39 is 0 Å². The van der Waals surface area contributed by atoms with Gasteiger partial charge >= 0.3 is 0 Å². The molecule has 0 rings (SSSR count). The van der Waals surface area contributed by atoms with Crippen molar-refractivity contribution in [2.24, 2.45) is 0 Å². The molecule has 0 heterocycles. The van der Waals surface area contributed by atoms with Gasteiger partial charge in [0.15, 0.2) is 0 Å². The minimum atomic E-state index is -0.238. The maximum atomic E-state index is 8.87. The normalized spacial score (nSPS) is 13.4. The highest BCUT2D eigenvalue weighted by Crippen LogP contribution is 1.86. The van der Waals surface area contributed by atoms with Gasteiger partial charge in [-0.25, -0.2) is 0 Å². The van der Waals surface area contributed by atoms with E-state index in [-0.39, 0.29) is 6.10 Å². The molecule has 11 heavy (non-hydrogen) atoms. The van der Waals surface area contributed by atoms with E-state index in [2.05, 4.69) is 5.32 Å². The predicted molar refractivity (Wildman–Crippen MR) is 45.7 cm³/mol. The number of aliphatic hydroxyl groups is 1. The van der Waals surface area contributed by atoms with Crippen molar-refractivity contribution >= 4 is 0 Å². The summed E-state index contributed by atoms with van der Waals surface area (Å²) in [6.45, 7) is 4.26. The third-order valence-electron chi connectivity index (χ3n) is 1.39. The maximum Gasteiger partial charge on any atom is 0.0636 e. The SMILES string of the molecule is COCCCCNC[C@@H](C)O. The Hall–Kier alpha value is -0.120. The number of unbranched alkanes of at least 4 members (excludes halogenated alkanes) is 1. The Morgan fingerprint density at radius 3 is 2.73 bits per heavy atom. The van der Waals surface area contributed by atoms with Crippen molar-refractivity contribution in [2.45, 2.75) is 25.9 Å². The Kier molecular flexibility index (Phi) is 7.89. The molecule has 0 aliphatic carbocycles. The van der Waals surface area contributed by atoms with Crippen molar-refractivity contribution in [3.05, 3.63) is 0 Å². The molecule has 0 unspecified atom stereocenters. The summed E-state index contributed by atoms with van der Waals surface area (Å²) in [4.78, 5) is 0. The zero-order valence-electron chi connectivity index (χ0n) is 7.47. The Bertz CT molecular complexity index is 76.5. The minimum Gasteiger partial charge on any atom is -0.392 e. The fraction of sp³-hybridized carbons (Fsp3) is 1.00. The number of aliphatic hydroxyl groups excluding tert-OH is 1. The van der Waals surface area contributed by atoms with Gasteiger partial charge in [0.25, 0.3) is 0 Å². The largest absolute Gasteiger partial charge is 0.392 e. The van der Waals surface area contributed by atoms with Crippen LogP contribution in [-0.4, -0.2) is 38.0 Å². The predicted octanol–water partition coefficient (Wildman–Crippen LogP) is 0.383. The van der Waals surface area contributed by atoms with Crippen LogP contribution in [0.5, 0.6) is 0 Å². The van der Waals surface area contributed by atoms with Gasteiger partial charge in [0.05, 0.1) is 6.10 Å². The van der Waals surface area contributed by atoms with Crippen molar-refractivity contribution in [2.75, 3.05) is 26.8 Å². The van der Waals surface area contributed by atoms with Gasteiger partial charge in [0, 0.05) is 20.3 Å². The van der Waals surface area contributed by atoms with E-state index in [1.54, 1.807) is 14.0 Å². The molecule has 0 aromatic carbocycles. The van der Waals surface area contributed by atoms with Crippen LogP contribution in [0.1, 0.15) is 19.8 Å². The average molecular weight is 161 g/mol. The molecule has 0 saturated carbocycles. The fourth-order valence-corrected chi connectivity index (χ4v) is 0.807. The van der Waals surface area contributed by atoms with Gasteiger partial charge in [-0.2, -0.15) is 0 Å². The molecule has 0 aliphatic rings. The molecule has 0 aromatic rings. The molecule has 0 fully saturated rings. The summed E-state index contributed by atoms with van der Waals surface area (Å²) >= 11 is 0. The van der Waals surface area contributed by atoms with Crippen molar-refractivity contribution in [1.82, 2.24) is 5.32 Å². The van der Waals surface area contributed by atoms with E-state index in [0.29, 0.717) is 6.54 Å². The Morgan fingerprint density at radius 1 is 1.45 bits per heavy atom. The molecule has 0 saturated heterocycles. The number of ether oxygens (including phenoxy) is 1. The van der Waals surface area contributed by atoms with Crippen LogP contribution < -0.4 is 5.32 Å². The molecule has 0 aromatic heterocycles. The lowest BCUT2D eigenvalue weighted by Crippen LogP contribution is -2.25. The maximum absolute atomic E-state index is 8.87. The van der Waals surface area contributed by atoms with Gasteiger partial charge < -0.3 is 15.2 Å². The molecule has 0 amide bonds. The second kappa shape index (κ2) is 7.98. The van der Waals surface area contributed by atoms with Crippen molar-refractivity contribution in [1.29, 1.82) is 0 Å². The summed E-state index contributed by atoms with van der Waals surface area (Å²) < 4.78 is 4.89. The molecule has 1 atom stereocenters. The van der Waals surface area contributed by atoms with Gasteiger partial charge in [0.1, 0.15) is 0 Å². The molecular weight excluding hydrogens is 142 g/mol. The van der Waals surface area contributed by atoms with E-state index in [4.69, 9.17) is 9.84 Å². The number of hydrogen-bond donors (Lipinski definition) is 2. The molecule has 3 heteroatoms. The highest BCUT2D eigenvalue weighted by Gasteiger charge is 1.92. The summed E-state index contributed by atoms with van der Waals surface area (Å²) in [6.07, 6.45) is 1.96. The van der Waals surface area contributed by atoms with Crippen molar-refractivity contribution in [3.63, 3.8) is 0 Å². The van der Waals surface area contributed by atoms with Gasteiger partial charge in [-0.05, 0) is 26.3 Å². The quantitative estimate of drug-likeness (QED) is 0.530. The van der Waals surface area contributed by atoms with Crippen LogP contribution in [0.25, 0.3) is 0 Å². The minimum absolute atomic E-state index is 0.238. The summed E-state index contributed by atoms with van der Waals surface area (Å²) in [5.74, 6) is 0. The topological polar surface area (TPSA) is 41.5 Å². The van der Waals surface area contributed by atoms with E-state index in [1.807, 2.05) is 0 Å². The van der Waals surface area contributed by atoms with Crippen molar-refractivity contribution < 1.29 is 9.84 Å². The van der Waals surface area contributed by atoms with Crippen LogP contribution >= 0.6 is 0 Å². The molecule has 3 nitrogen and oxygen atoms in total. The fourth-order valence-electron chi connectivity index (χ4n) is 0.807. The van der Waals surface area contributed by atoms with Crippen LogP contribution in [0, 0.1) is 0 Å². The zero-order valence-corrected chi connectivity index (χ0v) is 7.47. The molecule has 68 valence electrons. The summed E-state index contributed by atoms with van der Waals surface area (Å²) in [5.41, 5.74) is 0. The first kappa shape index (κ1) is 10.9. The van der Waals surface area contributed by atoms with E-state index in [9.17, 15) is 0 Å². The summed E-state index contributed by atoms with van der Waals surface area (Å²) in [5, 5.41) is 12.0. The number of nitrogens with one attached hydrogen (secondary N) is 1. The highest BCUT2D eigenvalue weighted by molar-refractivity contribution is 4.52. The lowest BCUT2D eigenvalue weighted by Gasteiger charge is -2.05. The van der Waals surface area contributed by atoms with Crippen LogP contribution in [0.4, 0.5) is 0 Å². The number of rotatable bonds is 7. The van der Waals surface area contributed by atoms with Gasteiger partial charge in [-0.3, -0.25) is 0 Å².